The number of halogens is 2. The van der Waals surface area contributed by atoms with Gasteiger partial charge in [-0.25, -0.2) is 8.78 Å². The van der Waals surface area contributed by atoms with Crippen molar-refractivity contribution in [2.24, 2.45) is 0 Å². The quantitative estimate of drug-likeness (QED) is 0.525. The van der Waals surface area contributed by atoms with Crippen LogP contribution in [-0.2, 0) is 0 Å². The van der Waals surface area contributed by atoms with Crippen molar-refractivity contribution in [2.45, 2.75) is 13.8 Å². The monoisotopic (exact) mass is 196 g/mol. The fraction of sp³-hybridized carbons (Fsp3) is 0.182. The molecule has 0 aliphatic rings. The van der Waals surface area contributed by atoms with Crippen LogP contribution in [0.2, 0.25) is 0 Å². The first-order chi connectivity index (χ1) is 6.45. The predicted molar refractivity (Wildman–Crippen MR) is 50.2 cm³/mol. The Kier molecular flexibility index (Phi) is 2.79. The minimum Gasteiger partial charge on any atom is -0.289 e. The lowest BCUT2D eigenvalue weighted by molar-refractivity contribution is 0.102. The van der Waals surface area contributed by atoms with E-state index in [4.69, 9.17) is 0 Å². The van der Waals surface area contributed by atoms with Gasteiger partial charge in [0.15, 0.2) is 5.78 Å². The molecule has 0 aliphatic carbocycles. The second-order valence-electron chi connectivity index (χ2n) is 3.16. The molecule has 0 radical (unpaired) electrons. The van der Waals surface area contributed by atoms with Crippen LogP contribution in [0.4, 0.5) is 8.78 Å². The van der Waals surface area contributed by atoms with E-state index < -0.39 is 23.0 Å². The Morgan fingerprint density at radius 2 is 1.93 bits per heavy atom. The van der Waals surface area contributed by atoms with E-state index in [9.17, 15) is 13.6 Å². The van der Waals surface area contributed by atoms with Crippen LogP contribution in [0.15, 0.2) is 24.3 Å². The highest BCUT2D eigenvalue weighted by Crippen LogP contribution is 2.18. The van der Waals surface area contributed by atoms with Crippen LogP contribution >= 0.6 is 0 Å². The molecule has 3 heteroatoms. The highest BCUT2D eigenvalue weighted by molar-refractivity contribution is 6.08. The molecule has 0 saturated carbocycles. The number of hydrogen-bond acceptors (Lipinski definition) is 1. The number of allylic oxidation sites excluding steroid dienone is 1. The van der Waals surface area contributed by atoms with E-state index in [2.05, 4.69) is 6.58 Å². The van der Waals surface area contributed by atoms with Gasteiger partial charge in [0, 0.05) is 0 Å². The van der Waals surface area contributed by atoms with E-state index in [1.54, 1.807) is 0 Å². The summed E-state index contributed by atoms with van der Waals surface area (Å²) in [6.07, 6.45) is 0. The molecule has 0 N–H and O–H groups in total. The molecule has 0 atom stereocenters. The maximum absolute atomic E-state index is 13.4. The van der Waals surface area contributed by atoms with Gasteiger partial charge < -0.3 is 0 Å². The van der Waals surface area contributed by atoms with Crippen molar-refractivity contribution in [2.75, 3.05) is 0 Å². The SMILES string of the molecule is C=C(C)C(=O)c1c(F)ccc(C)c1F. The van der Waals surface area contributed by atoms with Crippen LogP contribution in [0.25, 0.3) is 0 Å². The standard InChI is InChI=1S/C11H10F2O/c1-6(2)11(14)9-8(12)5-4-7(3)10(9)13/h4-5H,1H2,2-3H3. The molecule has 0 amide bonds. The summed E-state index contributed by atoms with van der Waals surface area (Å²) in [5, 5.41) is 0. The molecule has 0 bridgehead atoms. The topological polar surface area (TPSA) is 17.1 Å². The molecule has 0 saturated heterocycles. The molecule has 0 aromatic heterocycles. The average molecular weight is 196 g/mol. The number of aryl methyl sites for hydroxylation is 1. The average Bonchev–Trinajstić information content (AvgIpc) is 2.12. The number of benzene rings is 1. The first kappa shape index (κ1) is 10.6. The van der Waals surface area contributed by atoms with Gasteiger partial charge in [0.25, 0.3) is 0 Å². The van der Waals surface area contributed by atoms with Gasteiger partial charge >= 0.3 is 0 Å². The Morgan fingerprint density at radius 1 is 1.36 bits per heavy atom. The molecule has 0 fully saturated rings. The minimum absolute atomic E-state index is 0.119. The summed E-state index contributed by atoms with van der Waals surface area (Å²) < 4.78 is 26.5. The Morgan fingerprint density at radius 3 is 2.43 bits per heavy atom. The summed E-state index contributed by atoms with van der Waals surface area (Å²) in [5.41, 5.74) is -0.151. The summed E-state index contributed by atoms with van der Waals surface area (Å²) in [5.74, 6) is -2.34. The molecule has 1 rings (SSSR count). The summed E-state index contributed by atoms with van der Waals surface area (Å²) in [6.45, 7) is 6.26. The van der Waals surface area contributed by atoms with Gasteiger partial charge in [0.2, 0.25) is 0 Å². The van der Waals surface area contributed by atoms with Crippen molar-refractivity contribution in [1.29, 1.82) is 0 Å². The minimum atomic E-state index is -0.846. The van der Waals surface area contributed by atoms with Crippen molar-refractivity contribution in [3.63, 3.8) is 0 Å². The van der Waals surface area contributed by atoms with Crippen LogP contribution in [0.5, 0.6) is 0 Å². The maximum atomic E-state index is 13.4. The fourth-order valence-corrected chi connectivity index (χ4v) is 1.08. The van der Waals surface area contributed by atoms with E-state index >= 15 is 0 Å². The van der Waals surface area contributed by atoms with E-state index in [0.29, 0.717) is 0 Å². The number of carbonyl (C=O) groups is 1. The third-order valence-electron chi connectivity index (χ3n) is 1.90. The normalized spacial score (nSPS) is 10.0. The van der Waals surface area contributed by atoms with Crippen molar-refractivity contribution in [3.8, 4) is 0 Å². The molecule has 0 unspecified atom stereocenters. The zero-order chi connectivity index (χ0) is 10.9. The Labute approximate surface area is 81.1 Å². The van der Waals surface area contributed by atoms with Crippen molar-refractivity contribution in [3.05, 3.63) is 47.0 Å². The molecular formula is C11H10F2O. The number of hydrogen-bond donors (Lipinski definition) is 0. The van der Waals surface area contributed by atoms with Crippen LogP contribution in [-0.4, -0.2) is 5.78 Å². The van der Waals surface area contributed by atoms with Gasteiger partial charge in [-0.2, -0.15) is 0 Å². The molecule has 0 aliphatic heterocycles. The van der Waals surface area contributed by atoms with Gasteiger partial charge in [-0.15, -0.1) is 0 Å². The fourth-order valence-electron chi connectivity index (χ4n) is 1.08. The molecule has 0 spiro atoms. The van der Waals surface area contributed by atoms with Gasteiger partial charge in [-0.05, 0) is 31.1 Å². The first-order valence-corrected chi connectivity index (χ1v) is 4.10. The highest BCUT2D eigenvalue weighted by Gasteiger charge is 2.18. The Bertz CT molecular complexity index is 408. The lowest BCUT2D eigenvalue weighted by Gasteiger charge is -2.05. The first-order valence-electron chi connectivity index (χ1n) is 4.10. The van der Waals surface area contributed by atoms with E-state index in [-0.39, 0.29) is 11.1 Å². The molecule has 1 nitrogen and oxygen atoms in total. The summed E-state index contributed by atoms with van der Waals surface area (Å²) in [6, 6.07) is 2.37. The zero-order valence-electron chi connectivity index (χ0n) is 8.03. The lowest BCUT2D eigenvalue weighted by Crippen LogP contribution is -2.07. The third-order valence-corrected chi connectivity index (χ3v) is 1.90. The summed E-state index contributed by atoms with van der Waals surface area (Å²) >= 11 is 0. The van der Waals surface area contributed by atoms with Gasteiger partial charge in [0.05, 0.1) is 5.56 Å². The van der Waals surface area contributed by atoms with Crippen LogP contribution in [0.3, 0.4) is 0 Å². The second-order valence-corrected chi connectivity index (χ2v) is 3.16. The second kappa shape index (κ2) is 3.70. The van der Waals surface area contributed by atoms with Crippen LogP contribution < -0.4 is 0 Å². The number of Topliss-reactive ketones (excluding diaryl/α,β-unsaturated/α-hetero) is 1. The smallest absolute Gasteiger partial charge is 0.194 e. The largest absolute Gasteiger partial charge is 0.289 e. The molecule has 14 heavy (non-hydrogen) atoms. The Hall–Kier alpha value is -1.51. The summed E-state index contributed by atoms with van der Waals surface area (Å²) in [7, 11) is 0. The number of carbonyl (C=O) groups excluding carboxylic acids is 1. The molecule has 74 valence electrons. The molecule has 0 heterocycles. The van der Waals surface area contributed by atoms with E-state index in [0.717, 1.165) is 6.07 Å². The Balaban J connectivity index is 3.40. The maximum Gasteiger partial charge on any atom is 0.194 e. The molecule has 1 aromatic carbocycles. The zero-order valence-corrected chi connectivity index (χ0v) is 8.03. The van der Waals surface area contributed by atoms with E-state index in [1.807, 2.05) is 0 Å². The lowest BCUT2D eigenvalue weighted by atomic mass is 10.0. The van der Waals surface area contributed by atoms with Crippen LogP contribution in [0.1, 0.15) is 22.8 Å². The van der Waals surface area contributed by atoms with E-state index in [1.165, 1.54) is 19.9 Å². The number of rotatable bonds is 2. The molecule has 1 aromatic rings. The van der Waals surface area contributed by atoms with Gasteiger partial charge in [0.1, 0.15) is 11.6 Å². The summed E-state index contributed by atoms with van der Waals surface area (Å²) in [4.78, 5) is 11.4. The van der Waals surface area contributed by atoms with Crippen molar-refractivity contribution < 1.29 is 13.6 Å². The van der Waals surface area contributed by atoms with Gasteiger partial charge in [-0.1, -0.05) is 12.6 Å². The highest BCUT2D eigenvalue weighted by atomic mass is 19.1. The van der Waals surface area contributed by atoms with Gasteiger partial charge in [-0.3, -0.25) is 4.79 Å². The van der Waals surface area contributed by atoms with Crippen LogP contribution in [0, 0.1) is 18.6 Å². The van der Waals surface area contributed by atoms with Crippen molar-refractivity contribution >= 4 is 5.78 Å². The predicted octanol–water partition coefficient (Wildman–Crippen LogP) is 3.03. The molecular weight excluding hydrogens is 186 g/mol. The third kappa shape index (κ3) is 1.71. The van der Waals surface area contributed by atoms with Crippen molar-refractivity contribution in [1.82, 2.24) is 0 Å². The number of ketones is 1.